The topological polar surface area (TPSA) is 78.9 Å². The van der Waals surface area contributed by atoms with Gasteiger partial charge in [-0.1, -0.05) is 326 Å². The van der Waals surface area contributed by atoms with E-state index < -0.39 is 6.10 Å². The zero-order valence-corrected chi connectivity index (χ0v) is 50.3. The maximum absolute atomic E-state index is 12.8. The summed E-state index contributed by atoms with van der Waals surface area (Å²) in [6.45, 7) is 6.54. The molecule has 0 aromatic rings. The molecule has 0 fully saturated rings. The highest BCUT2D eigenvalue weighted by atomic mass is 16.6. The van der Waals surface area contributed by atoms with E-state index in [1.807, 2.05) is 0 Å². The van der Waals surface area contributed by atoms with Gasteiger partial charge in [0, 0.05) is 19.3 Å². The molecule has 0 saturated carbocycles. The van der Waals surface area contributed by atoms with Gasteiger partial charge in [-0.15, -0.1) is 0 Å². The summed E-state index contributed by atoms with van der Waals surface area (Å²) in [5.41, 5.74) is 0. The number of esters is 3. The minimum atomic E-state index is -0.765. The summed E-state index contributed by atoms with van der Waals surface area (Å²) < 4.78 is 16.9. The van der Waals surface area contributed by atoms with Crippen LogP contribution in [-0.4, -0.2) is 37.2 Å². The number of allylic oxidation sites excluding steroid dienone is 8. The molecular weight excluding hydrogens is 925 g/mol. The Kier molecular flexibility index (Phi) is 61.7. The molecule has 0 amide bonds. The van der Waals surface area contributed by atoms with Gasteiger partial charge in [0.25, 0.3) is 0 Å². The Morgan fingerprint density at radius 2 is 0.520 bits per heavy atom. The predicted molar refractivity (Wildman–Crippen MR) is 325 cm³/mol. The van der Waals surface area contributed by atoms with Gasteiger partial charge >= 0.3 is 17.9 Å². The fourth-order valence-electron chi connectivity index (χ4n) is 9.91. The van der Waals surface area contributed by atoms with E-state index in [-0.39, 0.29) is 31.1 Å². The normalized spacial score (nSPS) is 12.3. The molecule has 0 aliphatic carbocycles. The lowest BCUT2D eigenvalue weighted by Crippen LogP contribution is -2.30. The Bertz CT molecular complexity index is 1300. The summed E-state index contributed by atoms with van der Waals surface area (Å²) in [5, 5.41) is 0. The summed E-state index contributed by atoms with van der Waals surface area (Å²) in [5.74, 6) is -0.848. The first-order valence-electron chi connectivity index (χ1n) is 33.1. The number of rotatable bonds is 61. The maximum atomic E-state index is 12.8. The van der Waals surface area contributed by atoms with Crippen LogP contribution >= 0.6 is 0 Å². The molecule has 0 N–H and O–H groups in total. The molecule has 6 nitrogen and oxygen atoms in total. The standard InChI is InChI=1S/C69H126O6/c1-4-7-10-13-16-18-20-22-24-26-27-28-29-30-31-32-33-34-35-36-37-38-39-40-41-43-44-46-48-50-53-56-59-62-68(71)74-65-66(64-73-67(70)61-58-55-52-15-12-9-6-3)75-69(72)63-60-57-54-51-49-47-45-42-25-23-21-19-17-14-11-8-5-2/h7,10,16,18,22,24,27-28,66H,4-6,8-9,11-15,17,19-21,23,25-26,29-65H2,1-3H3/b10-7-,18-16-,24-22-,28-27-. The van der Waals surface area contributed by atoms with Crippen LogP contribution in [0.1, 0.15) is 355 Å². The first kappa shape index (κ1) is 72.4. The van der Waals surface area contributed by atoms with Gasteiger partial charge < -0.3 is 14.2 Å². The summed E-state index contributed by atoms with van der Waals surface area (Å²) >= 11 is 0. The SMILES string of the molecule is CC/C=C\C/C=C\C/C=C\C/C=C\CCCCCCCCCCCCCCCCCCCCCCC(=O)OCC(COC(=O)CCCCCCCCC)OC(=O)CCCCCCCCCCCCCCCCCCC. The highest BCUT2D eigenvalue weighted by Crippen LogP contribution is 2.18. The van der Waals surface area contributed by atoms with Crippen LogP contribution < -0.4 is 0 Å². The van der Waals surface area contributed by atoms with Crippen molar-refractivity contribution < 1.29 is 28.6 Å². The number of hydrogen-bond acceptors (Lipinski definition) is 6. The summed E-state index contributed by atoms with van der Waals surface area (Å²) in [6.07, 6.45) is 80.2. The average molecular weight is 1050 g/mol. The third-order valence-electron chi connectivity index (χ3n) is 14.8. The average Bonchev–Trinajstić information content (AvgIpc) is 3.41. The molecule has 0 aliphatic heterocycles. The smallest absolute Gasteiger partial charge is 0.306 e. The molecule has 6 heteroatoms. The molecule has 0 saturated heterocycles. The number of carbonyl (C=O) groups excluding carboxylic acids is 3. The summed E-state index contributed by atoms with van der Waals surface area (Å²) in [6, 6.07) is 0. The summed E-state index contributed by atoms with van der Waals surface area (Å²) in [4.78, 5) is 38.1. The van der Waals surface area contributed by atoms with E-state index in [4.69, 9.17) is 14.2 Å². The van der Waals surface area contributed by atoms with Crippen molar-refractivity contribution in [2.45, 2.75) is 361 Å². The molecule has 0 heterocycles. The molecule has 0 aliphatic rings. The van der Waals surface area contributed by atoms with E-state index in [2.05, 4.69) is 69.4 Å². The fourth-order valence-corrected chi connectivity index (χ4v) is 9.91. The Hall–Kier alpha value is -2.63. The molecule has 0 rings (SSSR count). The van der Waals surface area contributed by atoms with Crippen molar-refractivity contribution in [3.8, 4) is 0 Å². The maximum Gasteiger partial charge on any atom is 0.306 e. The molecule has 0 aromatic heterocycles. The number of hydrogen-bond donors (Lipinski definition) is 0. The second-order valence-electron chi connectivity index (χ2n) is 22.4. The van der Waals surface area contributed by atoms with Gasteiger partial charge in [-0.05, 0) is 57.8 Å². The van der Waals surface area contributed by atoms with Gasteiger partial charge in [0.15, 0.2) is 6.10 Å². The van der Waals surface area contributed by atoms with Crippen molar-refractivity contribution in [1.82, 2.24) is 0 Å². The lowest BCUT2D eigenvalue weighted by atomic mass is 10.0. The van der Waals surface area contributed by atoms with Crippen LogP contribution in [0.4, 0.5) is 0 Å². The van der Waals surface area contributed by atoms with Crippen LogP contribution in [0.3, 0.4) is 0 Å². The Morgan fingerprint density at radius 3 is 0.813 bits per heavy atom. The minimum Gasteiger partial charge on any atom is -0.462 e. The Labute approximate surface area is 467 Å². The number of ether oxygens (including phenoxy) is 3. The zero-order valence-electron chi connectivity index (χ0n) is 50.3. The lowest BCUT2D eigenvalue weighted by Gasteiger charge is -2.18. The van der Waals surface area contributed by atoms with Crippen molar-refractivity contribution in [1.29, 1.82) is 0 Å². The third kappa shape index (κ3) is 62.1. The van der Waals surface area contributed by atoms with Gasteiger partial charge in [-0.25, -0.2) is 0 Å². The molecule has 1 unspecified atom stereocenters. The van der Waals surface area contributed by atoms with E-state index in [1.54, 1.807) is 0 Å². The van der Waals surface area contributed by atoms with Crippen LogP contribution in [0.5, 0.6) is 0 Å². The second-order valence-corrected chi connectivity index (χ2v) is 22.4. The summed E-state index contributed by atoms with van der Waals surface area (Å²) in [7, 11) is 0. The zero-order chi connectivity index (χ0) is 54.3. The Morgan fingerprint density at radius 1 is 0.280 bits per heavy atom. The van der Waals surface area contributed by atoms with Crippen LogP contribution in [0.25, 0.3) is 0 Å². The molecule has 0 bridgehead atoms. The number of carbonyl (C=O) groups is 3. The monoisotopic (exact) mass is 1050 g/mol. The molecule has 438 valence electrons. The van der Waals surface area contributed by atoms with E-state index in [0.717, 1.165) is 83.5 Å². The van der Waals surface area contributed by atoms with Gasteiger partial charge in [-0.2, -0.15) is 0 Å². The van der Waals surface area contributed by atoms with Gasteiger partial charge in [0.2, 0.25) is 0 Å². The van der Waals surface area contributed by atoms with Gasteiger partial charge in [-0.3, -0.25) is 14.4 Å². The second kappa shape index (κ2) is 63.9. The van der Waals surface area contributed by atoms with Crippen LogP contribution in [0.2, 0.25) is 0 Å². The van der Waals surface area contributed by atoms with Crippen LogP contribution in [-0.2, 0) is 28.6 Å². The van der Waals surface area contributed by atoms with Crippen molar-refractivity contribution in [2.24, 2.45) is 0 Å². The molecule has 0 spiro atoms. The molecule has 0 aromatic carbocycles. The van der Waals surface area contributed by atoms with Crippen molar-refractivity contribution in [2.75, 3.05) is 13.2 Å². The van der Waals surface area contributed by atoms with E-state index in [9.17, 15) is 14.4 Å². The molecular formula is C69H126O6. The van der Waals surface area contributed by atoms with E-state index in [0.29, 0.717) is 19.3 Å². The van der Waals surface area contributed by atoms with Crippen molar-refractivity contribution >= 4 is 17.9 Å². The molecule has 1 atom stereocenters. The minimum absolute atomic E-state index is 0.0658. The van der Waals surface area contributed by atoms with Crippen LogP contribution in [0.15, 0.2) is 48.6 Å². The Balaban J connectivity index is 3.97. The third-order valence-corrected chi connectivity index (χ3v) is 14.8. The van der Waals surface area contributed by atoms with E-state index >= 15 is 0 Å². The van der Waals surface area contributed by atoms with E-state index in [1.165, 1.54) is 231 Å². The first-order chi connectivity index (χ1) is 37.0. The molecule has 75 heavy (non-hydrogen) atoms. The fraction of sp³-hybridized carbons (Fsp3) is 0.841. The number of unbranched alkanes of at least 4 members (excludes halogenated alkanes) is 42. The van der Waals surface area contributed by atoms with Crippen LogP contribution in [0, 0.1) is 0 Å². The molecule has 0 radical (unpaired) electrons. The largest absolute Gasteiger partial charge is 0.462 e. The van der Waals surface area contributed by atoms with Crippen molar-refractivity contribution in [3.05, 3.63) is 48.6 Å². The highest BCUT2D eigenvalue weighted by molar-refractivity contribution is 5.71. The quantitative estimate of drug-likeness (QED) is 0.0261. The highest BCUT2D eigenvalue weighted by Gasteiger charge is 2.19. The predicted octanol–water partition coefficient (Wildman–Crippen LogP) is 22.6. The lowest BCUT2D eigenvalue weighted by molar-refractivity contribution is -0.167. The first-order valence-corrected chi connectivity index (χ1v) is 33.1. The van der Waals surface area contributed by atoms with Crippen molar-refractivity contribution in [3.63, 3.8) is 0 Å². The van der Waals surface area contributed by atoms with Gasteiger partial charge in [0.05, 0.1) is 0 Å². The van der Waals surface area contributed by atoms with Gasteiger partial charge in [0.1, 0.15) is 13.2 Å².